The van der Waals surface area contributed by atoms with Crippen LogP contribution in [0.4, 0.5) is 17.6 Å². The van der Waals surface area contributed by atoms with Crippen molar-refractivity contribution >= 4 is 11.9 Å². The molecule has 0 fully saturated rings. The van der Waals surface area contributed by atoms with Gasteiger partial charge in [0.05, 0.1) is 11.5 Å². The third kappa shape index (κ3) is 4.02. The van der Waals surface area contributed by atoms with Gasteiger partial charge in [-0.05, 0) is 0 Å². The van der Waals surface area contributed by atoms with E-state index >= 15 is 0 Å². The van der Waals surface area contributed by atoms with Gasteiger partial charge in [-0.25, -0.2) is 27.3 Å². The summed E-state index contributed by atoms with van der Waals surface area (Å²) in [5.41, 5.74) is -2.87. The summed E-state index contributed by atoms with van der Waals surface area (Å²) in [6.07, 6.45) is 1.70. The minimum absolute atomic E-state index is 0.951. The van der Waals surface area contributed by atoms with Gasteiger partial charge in [0.2, 0.25) is 0 Å². The van der Waals surface area contributed by atoms with Crippen LogP contribution in [0.5, 0.6) is 0 Å². The van der Waals surface area contributed by atoms with Gasteiger partial charge in [0.15, 0.2) is 35.2 Å². The van der Waals surface area contributed by atoms with Crippen molar-refractivity contribution in [2.45, 2.75) is 6.92 Å². The number of benzene rings is 1. The monoisotopic (exact) mass is 333 g/mol. The van der Waals surface area contributed by atoms with Crippen molar-refractivity contribution in [1.29, 1.82) is 1.43 Å². The molecule has 0 spiro atoms. The highest BCUT2D eigenvalue weighted by Crippen LogP contribution is 2.23. The van der Waals surface area contributed by atoms with Crippen LogP contribution in [0.25, 0.3) is 1.43 Å². The number of aryl methyl sites for hydroxylation is 1. The highest BCUT2D eigenvalue weighted by molar-refractivity contribution is 5.92. The van der Waals surface area contributed by atoms with Crippen LogP contribution in [0.15, 0.2) is 24.4 Å². The zero-order chi connectivity index (χ0) is 19.3. The number of hydrogen-bond donors (Lipinski definition) is 1. The number of carboxylic acids is 2. The number of carbonyl (C=O) groups excluding carboxylic acids is 1. The Kier molecular flexibility index (Phi) is 4.77. The van der Waals surface area contributed by atoms with Crippen LogP contribution in [0.1, 0.15) is 26.4 Å². The predicted molar refractivity (Wildman–Crippen MR) is 65.3 cm³/mol. The molecule has 1 heterocycles. The molecular formula is C14H9F4NO4. The maximum Gasteiger partial charge on any atom is 0.453 e. The fourth-order valence-corrected chi connectivity index (χ4v) is 1.44. The van der Waals surface area contributed by atoms with Crippen LogP contribution < -0.4 is 10.1 Å². The van der Waals surface area contributed by atoms with Gasteiger partial charge in [-0.15, -0.1) is 0 Å². The maximum atomic E-state index is 13.0. The first kappa shape index (κ1) is 14.9. The summed E-state index contributed by atoms with van der Waals surface area (Å²) in [6, 6.07) is 5.65. The van der Waals surface area contributed by atoms with Crippen LogP contribution in [0.2, 0.25) is 1.41 Å². The Hall–Kier alpha value is -2.97. The van der Waals surface area contributed by atoms with E-state index in [2.05, 4.69) is 5.11 Å². The van der Waals surface area contributed by atoms with E-state index in [4.69, 9.17) is 2.84 Å². The van der Waals surface area contributed by atoms with Gasteiger partial charge in [-0.2, -0.15) is 0 Å². The number of carboxylic acid groups (broad SMARTS) is 2. The predicted octanol–water partition coefficient (Wildman–Crippen LogP) is 1.11. The van der Waals surface area contributed by atoms with Crippen molar-refractivity contribution in [1.82, 2.24) is 0 Å². The number of nitrogens with one attached hydrogen (secondary N) is 1. The molecule has 0 bridgehead atoms. The zero-order valence-electron chi connectivity index (χ0n) is 13.4. The molecule has 0 aliphatic heterocycles. The molecule has 0 aliphatic rings. The molecule has 0 atom stereocenters. The molecule has 0 unspecified atom stereocenters. The van der Waals surface area contributed by atoms with E-state index in [0.29, 0.717) is 0 Å². The van der Waals surface area contributed by atoms with E-state index in [9.17, 15) is 32.3 Å². The minimum atomic E-state index is -2.50. The number of pyridine rings is 1. The number of carbonyl (C=O) groups is 2. The number of hydrogen-bond acceptors (Lipinski definition) is 4. The standard InChI is InChI=1S/C8H2F4O4.C6H7N/c9-3-1(7(13)14)4(10)6(12)2(5(3)11)8(15)16;1-6-4-2-3-5-7-6/h(H,13,14)(H,15,16);2-5H,1H3/i/hD2. The Labute approximate surface area is 129 Å². The lowest BCUT2D eigenvalue weighted by Gasteiger charge is -2.09. The first-order chi connectivity index (χ1) is 11.6. The highest BCUT2D eigenvalue weighted by Gasteiger charge is 2.29. The van der Waals surface area contributed by atoms with E-state index in [-0.39, 0.29) is 0 Å². The lowest BCUT2D eigenvalue weighted by molar-refractivity contribution is -0.387. The molecule has 2 rings (SSSR count). The molecule has 2 N–H and O–H groups in total. The van der Waals surface area contributed by atoms with Crippen molar-refractivity contribution in [2.75, 3.05) is 0 Å². The molecule has 1 aromatic carbocycles. The summed E-state index contributed by atoms with van der Waals surface area (Å²) in [6.45, 7) is 1.90. The molecule has 122 valence electrons. The first-order valence-electron chi connectivity index (χ1n) is 6.70. The molecule has 5 nitrogen and oxygen atoms in total. The molecule has 23 heavy (non-hydrogen) atoms. The van der Waals surface area contributed by atoms with Crippen molar-refractivity contribution in [3.05, 3.63) is 64.5 Å². The number of halogens is 4. The van der Waals surface area contributed by atoms with Gasteiger partial charge in [-0.1, -0.05) is 6.07 Å². The van der Waals surface area contributed by atoms with E-state index in [1.807, 2.05) is 25.1 Å². The SMILES string of the molecule is [2H]OC(=O)c1c(F)c(F)c(C(=O)[O-])c(F)c1F.[2H][n+]1ccccc1C. The second kappa shape index (κ2) is 7.34. The summed E-state index contributed by atoms with van der Waals surface area (Å²) in [4.78, 5) is 22.2. The number of aromatic nitrogens is 1. The smallest absolute Gasteiger partial charge is 0.453 e. The Morgan fingerprint density at radius 1 is 1.13 bits per heavy atom. The van der Waals surface area contributed by atoms with Gasteiger partial charge in [0.1, 0.15) is 5.56 Å². The van der Waals surface area contributed by atoms with Gasteiger partial charge >= 0.3 is 7.38 Å². The Morgan fingerprint density at radius 3 is 2.00 bits per heavy atom. The minimum Gasteiger partial charge on any atom is -0.545 e. The van der Waals surface area contributed by atoms with Crippen LogP contribution in [0.3, 0.4) is 0 Å². The van der Waals surface area contributed by atoms with Crippen molar-refractivity contribution < 1.29 is 43.8 Å². The largest absolute Gasteiger partial charge is 0.545 e. The quantitative estimate of drug-likeness (QED) is 0.658. The maximum absolute atomic E-state index is 13.0. The number of H-pyrrole nitrogens is 1. The molecular weight excluding hydrogens is 322 g/mol. The van der Waals surface area contributed by atoms with Gasteiger partial charge in [0.25, 0.3) is 1.43 Å². The van der Waals surface area contributed by atoms with Crippen molar-refractivity contribution in [3.8, 4) is 0 Å². The molecule has 0 aliphatic carbocycles. The second-order valence-electron chi connectivity index (χ2n) is 4.05. The first-order valence-corrected chi connectivity index (χ1v) is 5.84. The van der Waals surface area contributed by atoms with Gasteiger partial charge < -0.3 is 15.0 Å². The summed E-state index contributed by atoms with van der Waals surface area (Å²) in [7, 11) is 0. The van der Waals surface area contributed by atoms with Gasteiger partial charge in [0, 0.05) is 19.1 Å². The van der Waals surface area contributed by atoms with Crippen LogP contribution in [0, 0.1) is 30.2 Å². The summed E-state index contributed by atoms with van der Waals surface area (Å²) < 4.78 is 65.2. The molecule has 0 saturated carbocycles. The fourth-order valence-electron chi connectivity index (χ4n) is 1.44. The summed E-state index contributed by atoms with van der Waals surface area (Å²) in [5.74, 6) is -13.7. The lowest BCUT2D eigenvalue weighted by atomic mass is 10.1. The molecule has 0 amide bonds. The van der Waals surface area contributed by atoms with E-state index < -0.39 is 46.3 Å². The molecule has 0 radical (unpaired) electrons. The van der Waals surface area contributed by atoms with Crippen molar-refractivity contribution in [2.24, 2.45) is 0 Å². The van der Waals surface area contributed by atoms with Crippen LogP contribution in [-0.4, -0.2) is 17.0 Å². The highest BCUT2D eigenvalue weighted by atomic mass is 19.2. The van der Waals surface area contributed by atoms with Crippen LogP contribution >= 0.6 is 0 Å². The molecule has 1 aromatic heterocycles. The average molecular weight is 333 g/mol. The average Bonchev–Trinajstić information content (AvgIpc) is 2.56. The third-order valence-electron chi connectivity index (χ3n) is 2.48. The normalized spacial score (nSPS) is 10.8. The van der Waals surface area contributed by atoms with Gasteiger partial charge in [-0.3, -0.25) is 0 Å². The number of aromatic amines is 1. The second-order valence-corrected chi connectivity index (χ2v) is 4.05. The van der Waals surface area contributed by atoms with Crippen molar-refractivity contribution in [3.63, 3.8) is 0 Å². The fraction of sp³-hybridized carbons (Fsp3) is 0.0714. The van der Waals surface area contributed by atoms with Crippen LogP contribution in [-0.2, 0) is 0 Å². The zero-order valence-corrected chi connectivity index (χ0v) is 11.4. The Bertz CT molecular complexity index is 783. The molecule has 0 saturated heterocycles. The van der Waals surface area contributed by atoms with E-state index in [1.54, 1.807) is 6.20 Å². The van der Waals surface area contributed by atoms with E-state index in [1.165, 1.54) is 4.98 Å². The number of rotatable bonds is 2. The lowest BCUT2D eigenvalue weighted by Crippen LogP contribution is -2.27. The Morgan fingerprint density at radius 2 is 1.65 bits per heavy atom. The Balaban J connectivity index is 0.000000324. The van der Waals surface area contributed by atoms with E-state index in [0.717, 1.165) is 5.69 Å². The number of aromatic carboxylic acids is 2. The topological polar surface area (TPSA) is 91.6 Å². The molecule has 9 heteroatoms. The third-order valence-corrected chi connectivity index (χ3v) is 2.48. The molecule has 2 aromatic rings. The summed E-state index contributed by atoms with van der Waals surface area (Å²) in [5, 5.41) is 13.4. The summed E-state index contributed by atoms with van der Waals surface area (Å²) >= 11 is 0.